The number of imidazole rings is 1. The second-order valence-corrected chi connectivity index (χ2v) is 6.70. The van der Waals surface area contributed by atoms with E-state index in [1.54, 1.807) is 29.5 Å². The molecule has 0 aliphatic rings. The number of nitrogens with zero attached hydrogens (tertiary/aromatic N) is 5. The molecule has 0 aliphatic heterocycles. The topological polar surface area (TPSA) is 77.6 Å². The number of carbonyl (C=O) groups is 1. The molecule has 4 aromatic rings. The zero-order valence-electron chi connectivity index (χ0n) is 16.3. The van der Waals surface area contributed by atoms with Crippen molar-refractivity contribution in [2.75, 3.05) is 5.32 Å². The molecule has 0 atom stereocenters. The van der Waals surface area contributed by atoms with E-state index in [4.69, 9.17) is 1.37 Å². The molecule has 0 radical (unpaired) electrons. The molecule has 0 saturated carbocycles. The van der Waals surface area contributed by atoms with Crippen LogP contribution in [-0.2, 0) is 7.05 Å². The second kappa shape index (κ2) is 6.68. The van der Waals surface area contributed by atoms with Gasteiger partial charge in [0.2, 0.25) is 0 Å². The van der Waals surface area contributed by atoms with E-state index in [1.807, 2.05) is 43.7 Å². The number of hydrogen-bond acceptors (Lipinski definition) is 4. The van der Waals surface area contributed by atoms with Gasteiger partial charge in [-0.1, -0.05) is 12.1 Å². The highest BCUT2D eigenvalue weighted by atomic mass is 16.1. The summed E-state index contributed by atoms with van der Waals surface area (Å²) in [6.07, 6.45) is 6.87. The lowest BCUT2D eigenvalue weighted by Gasteiger charge is -2.07. The van der Waals surface area contributed by atoms with Crippen LogP contribution in [0.3, 0.4) is 0 Å². The maximum Gasteiger partial charge on any atom is 0.260 e. The van der Waals surface area contributed by atoms with E-state index in [0.29, 0.717) is 11.4 Å². The molecule has 7 heteroatoms. The summed E-state index contributed by atoms with van der Waals surface area (Å²) in [5.74, 6) is 0.0305. The zero-order valence-corrected chi connectivity index (χ0v) is 15.3. The van der Waals surface area contributed by atoms with E-state index >= 15 is 0 Å². The van der Waals surface area contributed by atoms with Crippen LogP contribution in [0, 0.1) is 0 Å². The predicted octanol–water partition coefficient (Wildman–Crippen LogP) is 3.67. The molecule has 1 N–H and O–H groups in total. The number of benzene rings is 1. The zero-order chi connectivity index (χ0) is 19.8. The summed E-state index contributed by atoms with van der Waals surface area (Å²) in [5.41, 5.74) is 2.40. The number of amides is 1. The van der Waals surface area contributed by atoms with Gasteiger partial charge in [-0.3, -0.25) is 9.48 Å². The number of rotatable bonds is 4. The largest absolute Gasteiger partial charge is 0.334 e. The minimum atomic E-state index is -0.305. The molecule has 4 rings (SSSR count). The van der Waals surface area contributed by atoms with Crippen LogP contribution >= 0.6 is 0 Å². The van der Waals surface area contributed by atoms with Gasteiger partial charge in [0.1, 0.15) is 5.82 Å². The number of aromatic nitrogens is 5. The van der Waals surface area contributed by atoms with Gasteiger partial charge in [0.25, 0.3) is 5.91 Å². The molecule has 1 aromatic carbocycles. The molecular weight excluding hydrogens is 340 g/mol. The Hall–Kier alpha value is -3.48. The Morgan fingerprint density at radius 3 is 2.78 bits per heavy atom. The Morgan fingerprint density at radius 2 is 2.07 bits per heavy atom. The molecule has 0 bridgehead atoms. The van der Waals surface area contributed by atoms with Gasteiger partial charge < -0.3 is 9.88 Å². The third-order valence-electron chi connectivity index (χ3n) is 4.39. The Balaban J connectivity index is 1.67. The molecule has 0 aliphatic carbocycles. The van der Waals surface area contributed by atoms with Gasteiger partial charge in [-0.15, -0.1) is 0 Å². The molecule has 0 spiro atoms. The molecule has 7 nitrogen and oxygen atoms in total. The van der Waals surface area contributed by atoms with Crippen LogP contribution < -0.4 is 5.32 Å². The van der Waals surface area contributed by atoms with Crippen molar-refractivity contribution in [1.29, 1.82) is 0 Å². The lowest BCUT2D eigenvalue weighted by molar-refractivity contribution is 0.102. The van der Waals surface area contributed by atoms with Crippen molar-refractivity contribution >= 4 is 22.5 Å². The average molecular weight is 361 g/mol. The van der Waals surface area contributed by atoms with Crippen LogP contribution in [-0.4, -0.2) is 30.2 Å². The second-order valence-electron chi connectivity index (χ2n) is 6.70. The number of pyridine rings is 1. The molecule has 0 saturated heterocycles. The van der Waals surface area contributed by atoms with E-state index in [2.05, 4.69) is 20.4 Å². The molecule has 0 fully saturated rings. The SMILES string of the molecule is [2H]c1nc(NC(=O)c2cnn(C(C)C)c2)cc2cc(-c3cncn3C)ccc12. The predicted molar refractivity (Wildman–Crippen MR) is 105 cm³/mol. The fourth-order valence-electron chi connectivity index (χ4n) is 2.87. The highest BCUT2D eigenvalue weighted by Gasteiger charge is 2.11. The van der Waals surface area contributed by atoms with Gasteiger partial charge in [-0.25, -0.2) is 9.97 Å². The van der Waals surface area contributed by atoms with Crippen molar-refractivity contribution in [2.45, 2.75) is 19.9 Å². The third-order valence-corrected chi connectivity index (χ3v) is 4.39. The van der Waals surface area contributed by atoms with Crippen molar-refractivity contribution in [3.8, 4) is 11.3 Å². The van der Waals surface area contributed by atoms with E-state index < -0.39 is 0 Å². The standard InChI is InChI=1S/C20H20N6O/c1-13(2)26-11-17(9-23-26)20(27)24-19-7-16-6-14(4-5-15(16)8-22-19)18-10-21-12-25(18)3/h4-13H,1-3H3,(H,22,24,27)/i8D. The summed E-state index contributed by atoms with van der Waals surface area (Å²) in [6.45, 7) is 3.98. The Labute approximate surface area is 158 Å². The molecule has 1 amide bonds. The van der Waals surface area contributed by atoms with Crippen molar-refractivity contribution in [3.63, 3.8) is 0 Å². The first-order valence-electron chi connectivity index (χ1n) is 9.16. The minimum absolute atomic E-state index is 0.113. The Morgan fingerprint density at radius 1 is 1.22 bits per heavy atom. The number of fused-ring (bicyclic) bond motifs is 1. The Bertz CT molecular complexity index is 1180. The van der Waals surface area contributed by atoms with Crippen molar-refractivity contribution in [2.24, 2.45) is 7.05 Å². The Kier molecular flexibility index (Phi) is 3.90. The third kappa shape index (κ3) is 3.31. The normalized spacial score (nSPS) is 11.8. The summed E-state index contributed by atoms with van der Waals surface area (Å²) in [7, 11) is 1.93. The molecule has 3 aromatic heterocycles. The fraction of sp³-hybridized carbons (Fsp3) is 0.200. The first-order valence-corrected chi connectivity index (χ1v) is 8.66. The summed E-state index contributed by atoms with van der Waals surface area (Å²) >= 11 is 0. The lowest BCUT2D eigenvalue weighted by Crippen LogP contribution is -2.12. The van der Waals surface area contributed by atoms with Crippen molar-refractivity contribution in [3.05, 3.63) is 60.9 Å². The molecule has 136 valence electrons. The van der Waals surface area contributed by atoms with Crippen LogP contribution in [0.25, 0.3) is 22.0 Å². The monoisotopic (exact) mass is 361 g/mol. The lowest BCUT2D eigenvalue weighted by atomic mass is 10.1. The number of carbonyl (C=O) groups excluding carboxylic acids is 1. The van der Waals surface area contributed by atoms with E-state index in [9.17, 15) is 4.79 Å². The first kappa shape index (κ1) is 15.7. The van der Waals surface area contributed by atoms with Gasteiger partial charge in [0.15, 0.2) is 0 Å². The van der Waals surface area contributed by atoms with Crippen LogP contribution in [0.5, 0.6) is 0 Å². The summed E-state index contributed by atoms with van der Waals surface area (Å²) < 4.78 is 11.9. The summed E-state index contributed by atoms with van der Waals surface area (Å²) in [5, 5.41) is 8.50. The summed E-state index contributed by atoms with van der Waals surface area (Å²) in [6, 6.07) is 7.73. The van der Waals surface area contributed by atoms with Crippen LogP contribution in [0.2, 0.25) is 0 Å². The van der Waals surface area contributed by atoms with Gasteiger partial charge in [0, 0.05) is 36.4 Å². The molecule has 27 heavy (non-hydrogen) atoms. The van der Waals surface area contributed by atoms with Gasteiger partial charge in [0.05, 0.1) is 31.3 Å². The van der Waals surface area contributed by atoms with Crippen LogP contribution in [0.1, 0.15) is 31.6 Å². The van der Waals surface area contributed by atoms with Crippen molar-refractivity contribution < 1.29 is 6.17 Å². The van der Waals surface area contributed by atoms with Crippen LogP contribution in [0.15, 0.2) is 55.4 Å². The maximum absolute atomic E-state index is 12.5. The van der Waals surface area contributed by atoms with E-state index in [-0.39, 0.29) is 18.1 Å². The highest BCUT2D eigenvalue weighted by Crippen LogP contribution is 2.25. The average Bonchev–Trinajstić information content (AvgIpc) is 3.30. The molecule has 0 unspecified atom stereocenters. The smallest absolute Gasteiger partial charge is 0.260 e. The summed E-state index contributed by atoms with van der Waals surface area (Å²) in [4.78, 5) is 20.9. The van der Waals surface area contributed by atoms with E-state index in [1.165, 1.54) is 6.20 Å². The number of anilines is 1. The molecular formula is C20H20N6O. The minimum Gasteiger partial charge on any atom is -0.334 e. The number of hydrogen-bond donors (Lipinski definition) is 1. The van der Waals surface area contributed by atoms with Crippen molar-refractivity contribution in [1.82, 2.24) is 24.3 Å². The number of aryl methyl sites for hydroxylation is 1. The van der Waals surface area contributed by atoms with Gasteiger partial charge >= 0.3 is 0 Å². The first-order chi connectivity index (χ1) is 13.4. The quantitative estimate of drug-likeness (QED) is 0.602. The highest BCUT2D eigenvalue weighted by molar-refractivity contribution is 6.04. The number of nitrogens with one attached hydrogen (secondary N) is 1. The fourth-order valence-corrected chi connectivity index (χ4v) is 2.87. The van der Waals surface area contributed by atoms with Gasteiger partial charge in [-0.2, -0.15) is 5.10 Å². The van der Waals surface area contributed by atoms with E-state index in [0.717, 1.165) is 22.0 Å². The molecule has 3 heterocycles. The maximum atomic E-state index is 12.5. The van der Waals surface area contributed by atoms with Gasteiger partial charge in [-0.05, 0) is 31.4 Å². The van der Waals surface area contributed by atoms with Crippen LogP contribution in [0.4, 0.5) is 5.82 Å².